The van der Waals surface area contributed by atoms with Gasteiger partial charge in [-0.05, 0) is 36.5 Å². The lowest BCUT2D eigenvalue weighted by Gasteiger charge is -2.19. The van der Waals surface area contributed by atoms with Crippen molar-refractivity contribution < 1.29 is 9.53 Å². The van der Waals surface area contributed by atoms with E-state index in [0.717, 1.165) is 11.4 Å². The molecule has 0 N–H and O–H groups in total. The number of amides is 1. The molecule has 1 aromatic carbocycles. The van der Waals surface area contributed by atoms with E-state index in [-0.39, 0.29) is 12.5 Å². The number of ether oxygens (including phenoxy) is 1. The summed E-state index contributed by atoms with van der Waals surface area (Å²) in [5, 5.41) is 0.519. The molecule has 1 aromatic rings. The Morgan fingerprint density at radius 3 is 2.67 bits per heavy atom. The van der Waals surface area contributed by atoms with Crippen LogP contribution in [0.25, 0.3) is 0 Å². The van der Waals surface area contributed by atoms with Crippen molar-refractivity contribution in [1.82, 2.24) is 4.90 Å². The Morgan fingerprint density at radius 2 is 2.11 bits per heavy atom. The lowest BCUT2D eigenvalue weighted by molar-refractivity contribution is -0.124. The van der Waals surface area contributed by atoms with Crippen molar-refractivity contribution >= 4 is 28.9 Å². The standard InChI is InChI=1S/C13H14N2O2S/c1-3-8-14-12(16)9-15(13(14)18)10-4-6-11(17-2)7-5-10/h3-7H,1,8-9H2,2H3. The molecule has 94 valence electrons. The van der Waals surface area contributed by atoms with Crippen LogP contribution in [0, 0.1) is 0 Å². The zero-order chi connectivity index (χ0) is 13.1. The lowest BCUT2D eigenvalue weighted by atomic mass is 10.3. The quantitative estimate of drug-likeness (QED) is 0.612. The van der Waals surface area contributed by atoms with E-state index in [9.17, 15) is 4.79 Å². The largest absolute Gasteiger partial charge is 0.497 e. The van der Waals surface area contributed by atoms with Gasteiger partial charge >= 0.3 is 0 Å². The number of rotatable bonds is 4. The van der Waals surface area contributed by atoms with E-state index in [1.807, 2.05) is 24.3 Å². The SMILES string of the molecule is C=CCN1C(=O)CN(c2ccc(OC)cc2)C1=S. The Balaban J connectivity index is 2.21. The fourth-order valence-corrected chi connectivity index (χ4v) is 2.16. The second-order valence-electron chi connectivity index (χ2n) is 3.86. The fraction of sp³-hybridized carbons (Fsp3) is 0.231. The number of nitrogens with zero attached hydrogens (tertiary/aromatic N) is 2. The molecule has 0 unspecified atom stereocenters. The van der Waals surface area contributed by atoms with Crippen molar-refractivity contribution in [1.29, 1.82) is 0 Å². The second-order valence-corrected chi connectivity index (χ2v) is 4.22. The highest BCUT2D eigenvalue weighted by molar-refractivity contribution is 7.80. The smallest absolute Gasteiger partial charge is 0.249 e. The first kappa shape index (κ1) is 12.6. The van der Waals surface area contributed by atoms with Crippen molar-refractivity contribution in [2.24, 2.45) is 0 Å². The number of carbonyl (C=O) groups is 1. The summed E-state index contributed by atoms with van der Waals surface area (Å²) in [5.74, 6) is 0.772. The summed E-state index contributed by atoms with van der Waals surface area (Å²) in [4.78, 5) is 15.2. The molecule has 1 aliphatic heterocycles. The summed E-state index contributed by atoms with van der Waals surface area (Å²) >= 11 is 5.30. The average Bonchev–Trinajstić information content (AvgIpc) is 2.67. The highest BCUT2D eigenvalue weighted by atomic mass is 32.1. The molecule has 18 heavy (non-hydrogen) atoms. The van der Waals surface area contributed by atoms with Crippen molar-refractivity contribution in [3.05, 3.63) is 36.9 Å². The van der Waals surface area contributed by atoms with Gasteiger partial charge in [0.05, 0.1) is 7.11 Å². The topological polar surface area (TPSA) is 32.8 Å². The molecule has 0 spiro atoms. The molecule has 0 aliphatic carbocycles. The first-order chi connectivity index (χ1) is 8.67. The summed E-state index contributed by atoms with van der Waals surface area (Å²) in [6, 6.07) is 7.46. The first-order valence-corrected chi connectivity index (χ1v) is 5.95. The highest BCUT2D eigenvalue weighted by Crippen LogP contribution is 2.23. The Morgan fingerprint density at radius 1 is 1.44 bits per heavy atom. The zero-order valence-electron chi connectivity index (χ0n) is 10.1. The number of hydrogen-bond acceptors (Lipinski definition) is 3. The number of carbonyl (C=O) groups excluding carboxylic acids is 1. The van der Waals surface area contributed by atoms with Gasteiger partial charge in [-0.15, -0.1) is 6.58 Å². The van der Waals surface area contributed by atoms with E-state index in [1.54, 1.807) is 23.0 Å². The minimum absolute atomic E-state index is 0.00396. The van der Waals surface area contributed by atoms with Crippen molar-refractivity contribution in [3.63, 3.8) is 0 Å². The van der Waals surface area contributed by atoms with Crippen LogP contribution in [0.1, 0.15) is 0 Å². The average molecular weight is 262 g/mol. The molecule has 0 atom stereocenters. The van der Waals surface area contributed by atoms with Crippen LogP contribution in [-0.4, -0.2) is 36.1 Å². The normalized spacial score (nSPS) is 15.2. The van der Waals surface area contributed by atoms with Crippen molar-refractivity contribution in [2.45, 2.75) is 0 Å². The van der Waals surface area contributed by atoms with Gasteiger partial charge in [0, 0.05) is 12.2 Å². The number of anilines is 1. The van der Waals surface area contributed by atoms with Gasteiger partial charge in [0.1, 0.15) is 12.3 Å². The third-order valence-electron chi connectivity index (χ3n) is 2.75. The summed E-state index contributed by atoms with van der Waals surface area (Å²) in [6.45, 7) is 4.35. The second kappa shape index (κ2) is 5.18. The molecular formula is C13H14N2O2S. The predicted molar refractivity (Wildman–Crippen MR) is 74.8 cm³/mol. The molecule has 5 heteroatoms. The van der Waals surface area contributed by atoms with Gasteiger partial charge in [0.2, 0.25) is 5.91 Å². The van der Waals surface area contributed by atoms with E-state index in [2.05, 4.69) is 6.58 Å². The van der Waals surface area contributed by atoms with E-state index in [4.69, 9.17) is 17.0 Å². The van der Waals surface area contributed by atoms with E-state index in [1.165, 1.54) is 0 Å². The van der Waals surface area contributed by atoms with Crippen LogP contribution >= 0.6 is 12.2 Å². The molecule has 1 heterocycles. The number of benzene rings is 1. The van der Waals surface area contributed by atoms with E-state index >= 15 is 0 Å². The third kappa shape index (κ3) is 2.22. The summed E-state index contributed by atoms with van der Waals surface area (Å²) in [5.41, 5.74) is 0.890. The van der Waals surface area contributed by atoms with Crippen LogP contribution in [-0.2, 0) is 4.79 Å². The Bertz CT molecular complexity index is 484. The van der Waals surface area contributed by atoms with Gasteiger partial charge in [0.15, 0.2) is 5.11 Å². The Kier molecular flexibility index (Phi) is 3.62. The van der Waals surface area contributed by atoms with Crippen LogP contribution in [0.5, 0.6) is 5.75 Å². The fourth-order valence-electron chi connectivity index (χ4n) is 1.81. The molecular weight excluding hydrogens is 248 g/mol. The number of hydrogen-bond donors (Lipinski definition) is 0. The van der Waals surface area contributed by atoms with Gasteiger partial charge in [-0.1, -0.05) is 6.08 Å². The summed E-state index contributed by atoms with van der Waals surface area (Å²) in [6.07, 6.45) is 1.67. The zero-order valence-corrected chi connectivity index (χ0v) is 10.9. The minimum atomic E-state index is -0.00396. The van der Waals surface area contributed by atoms with E-state index in [0.29, 0.717) is 11.7 Å². The molecule has 0 radical (unpaired) electrons. The van der Waals surface area contributed by atoms with Crippen molar-refractivity contribution in [3.8, 4) is 5.75 Å². The van der Waals surface area contributed by atoms with Crippen LogP contribution in [0.15, 0.2) is 36.9 Å². The molecule has 0 saturated carbocycles. The minimum Gasteiger partial charge on any atom is -0.497 e. The maximum atomic E-state index is 11.8. The van der Waals surface area contributed by atoms with Gasteiger partial charge in [-0.3, -0.25) is 9.69 Å². The van der Waals surface area contributed by atoms with Crippen LogP contribution < -0.4 is 9.64 Å². The molecule has 1 aliphatic rings. The van der Waals surface area contributed by atoms with Gasteiger partial charge < -0.3 is 9.64 Å². The Hall–Kier alpha value is -1.88. The molecule has 1 fully saturated rings. The van der Waals surface area contributed by atoms with Gasteiger partial charge in [-0.2, -0.15) is 0 Å². The number of methoxy groups -OCH3 is 1. The summed E-state index contributed by atoms with van der Waals surface area (Å²) in [7, 11) is 1.62. The molecule has 0 bridgehead atoms. The van der Waals surface area contributed by atoms with E-state index < -0.39 is 0 Å². The van der Waals surface area contributed by atoms with Gasteiger partial charge in [-0.25, -0.2) is 0 Å². The lowest BCUT2D eigenvalue weighted by Crippen LogP contribution is -2.32. The predicted octanol–water partition coefficient (Wildman–Crippen LogP) is 1.81. The maximum Gasteiger partial charge on any atom is 0.249 e. The summed E-state index contributed by atoms with van der Waals surface area (Å²) < 4.78 is 5.10. The molecule has 0 aromatic heterocycles. The highest BCUT2D eigenvalue weighted by Gasteiger charge is 2.32. The Labute approximate surface area is 111 Å². The first-order valence-electron chi connectivity index (χ1n) is 5.54. The molecule has 1 saturated heterocycles. The van der Waals surface area contributed by atoms with Crippen LogP contribution in [0.3, 0.4) is 0 Å². The van der Waals surface area contributed by atoms with Crippen LogP contribution in [0.2, 0.25) is 0 Å². The molecule has 4 nitrogen and oxygen atoms in total. The molecule has 1 amide bonds. The van der Waals surface area contributed by atoms with Crippen LogP contribution in [0.4, 0.5) is 5.69 Å². The third-order valence-corrected chi connectivity index (χ3v) is 3.19. The van der Waals surface area contributed by atoms with Gasteiger partial charge in [0.25, 0.3) is 0 Å². The number of thiocarbonyl (C=S) groups is 1. The maximum absolute atomic E-state index is 11.8. The monoisotopic (exact) mass is 262 g/mol. The van der Waals surface area contributed by atoms with Crippen molar-refractivity contribution in [2.75, 3.05) is 25.1 Å². The molecule has 2 rings (SSSR count).